The van der Waals surface area contributed by atoms with Gasteiger partial charge in [-0.25, -0.2) is 9.97 Å². The topological polar surface area (TPSA) is 51.0 Å². The van der Waals surface area contributed by atoms with Gasteiger partial charge >= 0.3 is 0 Å². The van der Waals surface area contributed by atoms with Crippen LogP contribution in [0.2, 0.25) is 10.0 Å². The van der Waals surface area contributed by atoms with Gasteiger partial charge in [-0.3, -0.25) is 4.79 Å². The summed E-state index contributed by atoms with van der Waals surface area (Å²) >= 11 is 12.7. The summed E-state index contributed by atoms with van der Waals surface area (Å²) in [5, 5.41) is 2.29. The first kappa shape index (κ1) is 25.6. The second-order valence-corrected chi connectivity index (χ2v) is 10.9. The molecule has 0 spiro atoms. The van der Waals surface area contributed by atoms with Gasteiger partial charge in [0.1, 0.15) is 5.69 Å². The van der Waals surface area contributed by atoms with E-state index in [0.29, 0.717) is 15.7 Å². The quantitative estimate of drug-likeness (QED) is 0.223. The number of hydrogen-bond donors (Lipinski definition) is 0. The molecule has 2 aromatic heterocycles. The number of carbonyl (C=O) groups is 1. The second-order valence-electron chi connectivity index (χ2n) is 10.1. The fraction of sp³-hybridized carbons (Fsp3) is 0.219. The molecule has 7 heteroatoms. The van der Waals surface area contributed by atoms with Crippen LogP contribution in [0.4, 0.5) is 0 Å². The van der Waals surface area contributed by atoms with Crippen LogP contribution in [0.5, 0.6) is 0 Å². The molecule has 3 heterocycles. The first-order valence-electron chi connectivity index (χ1n) is 13.2. The number of para-hydroxylation sites is 1. The Labute approximate surface area is 238 Å². The molecule has 0 bridgehead atoms. The van der Waals surface area contributed by atoms with Crippen LogP contribution in [0.1, 0.15) is 52.5 Å². The molecule has 6 rings (SSSR count). The summed E-state index contributed by atoms with van der Waals surface area (Å²) in [7, 11) is 1.99. The highest BCUT2D eigenvalue weighted by Crippen LogP contribution is 2.39. The molecule has 0 radical (unpaired) electrons. The minimum Gasteiger partial charge on any atom is -0.337 e. The Hall–Kier alpha value is -3.67. The first-order chi connectivity index (χ1) is 19.0. The van der Waals surface area contributed by atoms with Crippen LogP contribution >= 0.6 is 23.2 Å². The number of benzene rings is 3. The molecule has 3 aromatic carbocycles. The third-order valence-corrected chi connectivity index (χ3v) is 8.02. The van der Waals surface area contributed by atoms with Crippen molar-refractivity contribution in [3.63, 3.8) is 0 Å². The van der Waals surface area contributed by atoms with Gasteiger partial charge in [0.15, 0.2) is 0 Å². The molecule has 196 valence electrons. The lowest BCUT2D eigenvalue weighted by Gasteiger charge is -2.27. The maximum absolute atomic E-state index is 13.8. The highest BCUT2D eigenvalue weighted by atomic mass is 35.5. The number of fused-ring (bicyclic) bond motifs is 1. The Morgan fingerprint density at radius 1 is 0.897 bits per heavy atom. The molecule has 1 atom stereocenters. The van der Waals surface area contributed by atoms with Gasteiger partial charge in [-0.15, -0.1) is 0 Å². The maximum atomic E-state index is 13.8. The lowest BCUT2D eigenvalue weighted by molar-refractivity contribution is 0.0719. The molecule has 39 heavy (non-hydrogen) atoms. The third kappa shape index (κ3) is 5.05. The van der Waals surface area contributed by atoms with E-state index in [-0.39, 0.29) is 11.8 Å². The van der Waals surface area contributed by atoms with Crippen molar-refractivity contribution in [3.8, 4) is 11.1 Å². The fourth-order valence-electron chi connectivity index (χ4n) is 5.58. The minimum absolute atomic E-state index is 0.0294. The number of amides is 1. The predicted octanol–water partition coefficient (Wildman–Crippen LogP) is 7.75. The Kier molecular flexibility index (Phi) is 7.11. The number of pyridine rings is 1. The number of carbonyl (C=O) groups excluding carboxylic acids is 1. The van der Waals surface area contributed by atoms with Gasteiger partial charge in [-0.2, -0.15) is 0 Å². The molecule has 1 aliphatic heterocycles. The average Bonchev–Trinajstić information content (AvgIpc) is 3.39. The molecule has 0 aliphatic carbocycles. The largest absolute Gasteiger partial charge is 0.337 e. The molecule has 1 fully saturated rings. The van der Waals surface area contributed by atoms with Crippen LogP contribution in [0.15, 0.2) is 85.3 Å². The van der Waals surface area contributed by atoms with Gasteiger partial charge < -0.3 is 9.47 Å². The molecule has 1 unspecified atom stereocenters. The number of halogens is 2. The van der Waals surface area contributed by atoms with Crippen molar-refractivity contribution in [3.05, 3.63) is 118 Å². The first-order valence-corrected chi connectivity index (χ1v) is 14.0. The molecule has 5 aromatic rings. The summed E-state index contributed by atoms with van der Waals surface area (Å²) in [4.78, 5) is 25.2. The Bertz CT molecular complexity index is 1660. The highest BCUT2D eigenvalue weighted by molar-refractivity contribution is 6.31. The van der Waals surface area contributed by atoms with E-state index in [0.717, 1.165) is 71.2 Å². The minimum atomic E-state index is -0.168. The fourth-order valence-corrected chi connectivity index (χ4v) is 5.89. The number of rotatable bonds is 5. The summed E-state index contributed by atoms with van der Waals surface area (Å²) in [5.41, 5.74) is 6.20. The molecular formula is C32H28Cl2N4O. The number of aromatic nitrogens is 3. The van der Waals surface area contributed by atoms with Crippen molar-refractivity contribution in [2.75, 3.05) is 13.1 Å². The van der Waals surface area contributed by atoms with E-state index in [1.54, 1.807) is 6.33 Å². The van der Waals surface area contributed by atoms with E-state index < -0.39 is 0 Å². The van der Waals surface area contributed by atoms with Gasteiger partial charge in [-0.05, 0) is 71.8 Å². The average molecular weight is 556 g/mol. The number of hydrogen-bond acceptors (Lipinski definition) is 3. The van der Waals surface area contributed by atoms with Crippen molar-refractivity contribution in [2.45, 2.75) is 25.2 Å². The zero-order valence-corrected chi connectivity index (χ0v) is 23.2. The van der Waals surface area contributed by atoms with Crippen LogP contribution in [0, 0.1) is 0 Å². The lowest BCUT2D eigenvalue weighted by atomic mass is 9.86. The molecule has 1 aliphatic rings. The zero-order chi connectivity index (χ0) is 26.9. The van der Waals surface area contributed by atoms with Crippen molar-refractivity contribution in [2.24, 2.45) is 7.05 Å². The van der Waals surface area contributed by atoms with Crippen LogP contribution in [0.25, 0.3) is 22.0 Å². The van der Waals surface area contributed by atoms with Gasteiger partial charge in [0.2, 0.25) is 0 Å². The Balaban J connectivity index is 1.62. The molecule has 0 saturated carbocycles. The summed E-state index contributed by atoms with van der Waals surface area (Å²) in [6, 6.07) is 23.8. The molecule has 0 N–H and O–H groups in total. The number of aryl methyl sites for hydroxylation is 1. The molecule has 5 nitrogen and oxygen atoms in total. The van der Waals surface area contributed by atoms with Crippen molar-refractivity contribution >= 4 is 40.0 Å². The standard InChI is InChI=1S/C32H28Cl2N4O/c1-37-20-35-19-29(37)30(21-11-13-23(33)14-12-21)26-10-6-9-25-27(22-7-5-8-24(34)17-22)18-28(36-31(25)26)32(39)38-15-3-2-4-16-38/h5-14,17-20,30H,2-4,15-16H2,1H3. The summed E-state index contributed by atoms with van der Waals surface area (Å²) < 4.78 is 2.03. The van der Waals surface area contributed by atoms with E-state index in [1.165, 1.54) is 0 Å². The van der Waals surface area contributed by atoms with Gasteiger partial charge in [0.05, 0.1) is 17.8 Å². The SMILES string of the molecule is Cn1cncc1C(c1ccc(Cl)cc1)c1cccc2c(-c3cccc(Cl)c3)cc(C(=O)N3CCCCC3)nc12. The Morgan fingerprint density at radius 2 is 1.67 bits per heavy atom. The van der Waals surface area contributed by atoms with Crippen LogP contribution in [-0.4, -0.2) is 38.4 Å². The van der Waals surface area contributed by atoms with E-state index in [9.17, 15) is 4.79 Å². The molecule has 1 amide bonds. The zero-order valence-electron chi connectivity index (χ0n) is 21.6. The smallest absolute Gasteiger partial charge is 0.272 e. The van der Waals surface area contributed by atoms with Crippen LogP contribution in [0.3, 0.4) is 0 Å². The lowest BCUT2D eigenvalue weighted by Crippen LogP contribution is -2.36. The van der Waals surface area contributed by atoms with Crippen molar-refractivity contribution in [1.82, 2.24) is 19.4 Å². The third-order valence-electron chi connectivity index (χ3n) is 7.53. The highest BCUT2D eigenvalue weighted by Gasteiger charge is 2.26. The monoisotopic (exact) mass is 554 g/mol. The normalized spacial score (nSPS) is 14.5. The molecule has 1 saturated heterocycles. The van der Waals surface area contributed by atoms with E-state index in [2.05, 4.69) is 23.2 Å². The number of likely N-dealkylation sites (tertiary alicyclic amines) is 1. The second kappa shape index (κ2) is 10.8. The van der Waals surface area contributed by atoms with Crippen molar-refractivity contribution in [1.29, 1.82) is 0 Å². The van der Waals surface area contributed by atoms with E-state index in [1.807, 2.05) is 77.3 Å². The summed E-state index contributed by atoms with van der Waals surface area (Å²) in [6.07, 6.45) is 6.88. The van der Waals surface area contributed by atoms with Gasteiger partial charge in [0, 0.05) is 47.5 Å². The summed E-state index contributed by atoms with van der Waals surface area (Å²) in [6.45, 7) is 1.52. The predicted molar refractivity (Wildman–Crippen MR) is 158 cm³/mol. The van der Waals surface area contributed by atoms with Gasteiger partial charge in [0.25, 0.3) is 5.91 Å². The number of nitrogens with zero attached hydrogens (tertiary/aromatic N) is 4. The Morgan fingerprint density at radius 3 is 2.38 bits per heavy atom. The van der Waals surface area contributed by atoms with Gasteiger partial charge in [-0.1, -0.05) is 65.7 Å². The number of imidazole rings is 1. The van der Waals surface area contributed by atoms with E-state index >= 15 is 0 Å². The van der Waals surface area contributed by atoms with Crippen LogP contribution in [-0.2, 0) is 7.05 Å². The number of piperidine rings is 1. The van der Waals surface area contributed by atoms with Crippen molar-refractivity contribution < 1.29 is 4.79 Å². The maximum Gasteiger partial charge on any atom is 0.272 e. The van der Waals surface area contributed by atoms with Crippen LogP contribution < -0.4 is 0 Å². The molecular weight excluding hydrogens is 527 g/mol. The van der Waals surface area contributed by atoms with E-state index in [4.69, 9.17) is 28.2 Å². The summed E-state index contributed by atoms with van der Waals surface area (Å²) in [5.74, 6) is -0.197.